The van der Waals surface area contributed by atoms with Crippen LogP contribution in [0, 0.1) is 6.92 Å². The lowest BCUT2D eigenvalue weighted by molar-refractivity contribution is 0.561. The van der Waals surface area contributed by atoms with Crippen molar-refractivity contribution in [2.75, 3.05) is 5.43 Å². The van der Waals surface area contributed by atoms with E-state index >= 15 is 0 Å². The largest absolute Gasteiger partial charge is 0.441 e. The number of anilines is 1. The Kier molecular flexibility index (Phi) is 2.42. The van der Waals surface area contributed by atoms with Crippen molar-refractivity contribution in [2.24, 2.45) is 5.84 Å². The normalized spacial score (nSPS) is 10.8. The Morgan fingerprint density at radius 3 is 2.94 bits per heavy atom. The van der Waals surface area contributed by atoms with Gasteiger partial charge in [0, 0.05) is 18.7 Å². The Labute approximate surface area is 103 Å². The fraction of sp³-hybridized carbons (Fsp3) is 0.0833. The molecule has 18 heavy (non-hydrogen) atoms. The second-order valence-corrected chi connectivity index (χ2v) is 3.83. The first-order chi connectivity index (χ1) is 8.76. The number of nitrogens with one attached hydrogen (secondary N) is 1. The van der Waals surface area contributed by atoms with Crippen LogP contribution in [0.25, 0.3) is 22.4 Å². The number of nitrogens with two attached hydrogens (primary N) is 1. The predicted octanol–water partition coefficient (Wildman–Crippen LogP) is 1.88. The van der Waals surface area contributed by atoms with Gasteiger partial charge in [0.15, 0.2) is 11.5 Å². The number of nitrogens with zero attached hydrogens (tertiary/aromatic N) is 3. The number of benzene rings is 1. The molecule has 6 nitrogen and oxygen atoms in total. The van der Waals surface area contributed by atoms with Gasteiger partial charge in [0.05, 0.1) is 5.69 Å². The highest BCUT2D eigenvalue weighted by atomic mass is 16.3. The van der Waals surface area contributed by atoms with Crippen LogP contribution >= 0.6 is 0 Å². The van der Waals surface area contributed by atoms with Gasteiger partial charge >= 0.3 is 0 Å². The van der Waals surface area contributed by atoms with Crippen LogP contribution in [0.1, 0.15) is 5.89 Å². The van der Waals surface area contributed by atoms with Gasteiger partial charge in [-0.25, -0.2) is 20.8 Å². The van der Waals surface area contributed by atoms with Gasteiger partial charge in [-0.3, -0.25) is 5.43 Å². The van der Waals surface area contributed by atoms with E-state index in [4.69, 9.17) is 10.3 Å². The van der Waals surface area contributed by atoms with E-state index < -0.39 is 0 Å². The number of aromatic nitrogens is 3. The number of hydrogen-bond acceptors (Lipinski definition) is 6. The van der Waals surface area contributed by atoms with E-state index in [0.29, 0.717) is 11.8 Å². The third-order valence-electron chi connectivity index (χ3n) is 2.58. The lowest BCUT2D eigenvalue weighted by Crippen LogP contribution is -2.10. The lowest BCUT2D eigenvalue weighted by atomic mass is 10.1. The molecule has 3 aromatic rings. The third kappa shape index (κ3) is 1.78. The molecule has 1 aromatic carbocycles. The fourth-order valence-corrected chi connectivity index (χ4v) is 1.79. The SMILES string of the molecule is Cc1nc2ccc(-c3ccnc(NN)n3)cc2o1. The third-order valence-corrected chi connectivity index (χ3v) is 2.58. The Morgan fingerprint density at radius 2 is 2.11 bits per heavy atom. The minimum atomic E-state index is 0.376. The highest BCUT2D eigenvalue weighted by Gasteiger charge is 2.06. The second-order valence-electron chi connectivity index (χ2n) is 3.83. The molecule has 0 aliphatic carbocycles. The number of hydrogen-bond donors (Lipinski definition) is 2. The zero-order chi connectivity index (χ0) is 12.5. The van der Waals surface area contributed by atoms with Crippen molar-refractivity contribution >= 4 is 17.0 Å². The monoisotopic (exact) mass is 241 g/mol. The molecule has 0 aliphatic heterocycles. The van der Waals surface area contributed by atoms with E-state index in [2.05, 4.69) is 20.4 Å². The van der Waals surface area contributed by atoms with E-state index in [1.54, 1.807) is 6.20 Å². The quantitative estimate of drug-likeness (QED) is 0.526. The predicted molar refractivity (Wildman–Crippen MR) is 67.6 cm³/mol. The minimum absolute atomic E-state index is 0.376. The van der Waals surface area contributed by atoms with Crippen molar-refractivity contribution in [2.45, 2.75) is 6.92 Å². The van der Waals surface area contributed by atoms with Crippen LogP contribution < -0.4 is 11.3 Å². The smallest absolute Gasteiger partial charge is 0.237 e. The molecule has 2 heterocycles. The summed E-state index contributed by atoms with van der Waals surface area (Å²) in [7, 11) is 0. The number of fused-ring (bicyclic) bond motifs is 1. The van der Waals surface area contributed by atoms with Crippen LogP contribution in [-0.4, -0.2) is 15.0 Å². The van der Waals surface area contributed by atoms with E-state index in [9.17, 15) is 0 Å². The molecule has 0 unspecified atom stereocenters. The molecule has 0 bridgehead atoms. The van der Waals surface area contributed by atoms with Gasteiger partial charge in [0.2, 0.25) is 5.95 Å². The van der Waals surface area contributed by atoms with Crippen molar-refractivity contribution in [3.05, 3.63) is 36.4 Å². The molecule has 0 aliphatic rings. The van der Waals surface area contributed by atoms with Gasteiger partial charge < -0.3 is 4.42 Å². The molecule has 3 N–H and O–H groups in total. The Morgan fingerprint density at radius 1 is 1.22 bits per heavy atom. The van der Waals surface area contributed by atoms with Gasteiger partial charge in [0.1, 0.15) is 5.52 Å². The number of rotatable bonds is 2. The molecule has 3 rings (SSSR count). The Hall–Kier alpha value is -2.47. The molecule has 0 amide bonds. The topological polar surface area (TPSA) is 89.9 Å². The summed E-state index contributed by atoms with van der Waals surface area (Å²) in [4.78, 5) is 12.5. The zero-order valence-electron chi connectivity index (χ0n) is 9.71. The highest BCUT2D eigenvalue weighted by Crippen LogP contribution is 2.23. The summed E-state index contributed by atoms with van der Waals surface area (Å²) in [6.45, 7) is 1.82. The fourth-order valence-electron chi connectivity index (χ4n) is 1.79. The molecule has 2 aromatic heterocycles. The molecule has 0 radical (unpaired) electrons. The summed E-state index contributed by atoms with van der Waals surface area (Å²) in [6, 6.07) is 7.55. The first-order valence-electron chi connectivity index (χ1n) is 5.43. The summed E-state index contributed by atoms with van der Waals surface area (Å²) in [5.74, 6) is 6.31. The van der Waals surface area contributed by atoms with Crippen LogP contribution in [0.15, 0.2) is 34.9 Å². The van der Waals surface area contributed by atoms with Crippen molar-refractivity contribution < 1.29 is 4.42 Å². The van der Waals surface area contributed by atoms with E-state index in [0.717, 1.165) is 22.4 Å². The zero-order valence-corrected chi connectivity index (χ0v) is 9.71. The molecule has 0 saturated heterocycles. The summed E-state index contributed by atoms with van der Waals surface area (Å²) < 4.78 is 5.49. The first kappa shape index (κ1) is 10.7. The van der Waals surface area contributed by atoms with Crippen LogP contribution in [-0.2, 0) is 0 Å². The molecular formula is C12H11N5O. The number of aryl methyl sites for hydroxylation is 1. The van der Waals surface area contributed by atoms with Crippen LogP contribution in [0.2, 0.25) is 0 Å². The molecule has 0 fully saturated rings. The molecular weight excluding hydrogens is 230 g/mol. The Balaban J connectivity index is 2.12. The average Bonchev–Trinajstić information content (AvgIpc) is 2.77. The molecule has 90 valence electrons. The lowest BCUT2D eigenvalue weighted by Gasteiger charge is -2.02. The number of oxazole rings is 1. The summed E-state index contributed by atoms with van der Waals surface area (Å²) >= 11 is 0. The molecule has 0 saturated carbocycles. The minimum Gasteiger partial charge on any atom is -0.441 e. The van der Waals surface area contributed by atoms with E-state index in [-0.39, 0.29) is 0 Å². The van der Waals surface area contributed by atoms with Gasteiger partial charge in [-0.15, -0.1) is 0 Å². The summed E-state index contributed by atoms with van der Waals surface area (Å²) in [6.07, 6.45) is 1.65. The Bertz CT molecular complexity index is 707. The van der Waals surface area contributed by atoms with Gasteiger partial charge in [0.25, 0.3) is 0 Å². The maximum Gasteiger partial charge on any atom is 0.237 e. The molecule has 6 heteroatoms. The van der Waals surface area contributed by atoms with E-state index in [1.165, 1.54) is 0 Å². The van der Waals surface area contributed by atoms with Crippen LogP contribution in [0.4, 0.5) is 5.95 Å². The summed E-state index contributed by atoms with van der Waals surface area (Å²) in [5.41, 5.74) is 5.70. The van der Waals surface area contributed by atoms with Crippen LogP contribution in [0.5, 0.6) is 0 Å². The second kappa shape index (κ2) is 4.08. The van der Waals surface area contributed by atoms with Gasteiger partial charge in [-0.2, -0.15) is 0 Å². The number of nitrogen functional groups attached to an aromatic ring is 1. The maximum absolute atomic E-state index is 5.49. The standard InChI is InChI=1S/C12H11N5O/c1-7-15-10-3-2-8(6-11(10)18-7)9-4-5-14-12(16-9)17-13/h2-6H,13H2,1H3,(H,14,16,17). The van der Waals surface area contributed by atoms with Crippen molar-refractivity contribution in [3.8, 4) is 11.3 Å². The molecule has 0 atom stereocenters. The van der Waals surface area contributed by atoms with Crippen molar-refractivity contribution in [1.29, 1.82) is 0 Å². The van der Waals surface area contributed by atoms with E-state index in [1.807, 2.05) is 31.2 Å². The van der Waals surface area contributed by atoms with Crippen molar-refractivity contribution in [1.82, 2.24) is 15.0 Å². The van der Waals surface area contributed by atoms with Gasteiger partial charge in [-0.1, -0.05) is 6.07 Å². The maximum atomic E-state index is 5.49. The first-order valence-corrected chi connectivity index (χ1v) is 5.43. The number of hydrazine groups is 1. The van der Waals surface area contributed by atoms with Crippen LogP contribution in [0.3, 0.4) is 0 Å². The van der Waals surface area contributed by atoms with Crippen molar-refractivity contribution in [3.63, 3.8) is 0 Å². The summed E-state index contributed by atoms with van der Waals surface area (Å²) in [5, 5.41) is 0. The highest BCUT2D eigenvalue weighted by molar-refractivity contribution is 5.79. The molecule has 0 spiro atoms. The van der Waals surface area contributed by atoms with Gasteiger partial charge in [-0.05, 0) is 18.2 Å². The average molecular weight is 241 g/mol.